The van der Waals surface area contributed by atoms with Crippen LogP contribution in [0.3, 0.4) is 0 Å². The van der Waals surface area contributed by atoms with Crippen molar-refractivity contribution in [2.75, 3.05) is 31.1 Å². The van der Waals surface area contributed by atoms with Gasteiger partial charge in [-0.1, -0.05) is 34.8 Å². The Labute approximate surface area is 120 Å². The molecule has 0 amide bonds. The molecule has 0 bridgehead atoms. The largest absolute Gasteiger partial charge is 0.354 e. The van der Waals surface area contributed by atoms with Crippen molar-refractivity contribution in [1.82, 2.24) is 10.3 Å². The van der Waals surface area contributed by atoms with Crippen molar-refractivity contribution in [1.29, 1.82) is 5.26 Å². The first-order chi connectivity index (χ1) is 8.65. The number of hydrogen-bond donors (Lipinski definition) is 1. The number of pyridine rings is 1. The van der Waals surface area contributed by atoms with Crippen LogP contribution < -0.4 is 10.2 Å². The van der Waals surface area contributed by atoms with Crippen molar-refractivity contribution in [3.63, 3.8) is 0 Å². The van der Waals surface area contributed by atoms with Crippen LogP contribution >= 0.6 is 34.8 Å². The highest BCUT2D eigenvalue weighted by Gasteiger charge is 2.21. The second-order valence-corrected chi connectivity index (χ2v) is 5.05. The van der Waals surface area contributed by atoms with Crippen LogP contribution in [-0.4, -0.2) is 31.2 Å². The zero-order valence-corrected chi connectivity index (χ0v) is 11.8. The molecule has 1 aliphatic heterocycles. The van der Waals surface area contributed by atoms with Crippen LogP contribution in [0.2, 0.25) is 15.2 Å². The zero-order chi connectivity index (χ0) is 13.1. The molecule has 1 aromatic heterocycles. The summed E-state index contributed by atoms with van der Waals surface area (Å²) >= 11 is 18.0. The van der Waals surface area contributed by atoms with Gasteiger partial charge in [-0.2, -0.15) is 5.26 Å². The average molecular weight is 306 g/mol. The third-order valence-electron chi connectivity index (χ3n) is 2.77. The van der Waals surface area contributed by atoms with Gasteiger partial charge in [0.25, 0.3) is 0 Å². The predicted molar refractivity (Wildman–Crippen MR) is 73.7 cm³/mol. The molecule has 1 saturated heterocycles. The molecule has 1 aliphatic rings. The van der Waals surface area contributed by atoms with Gasteiger partial charge < -0.3 is 10.2 Å². The quantitative estimate of drug-likeness (QED) is 0.811. The minimum absolute atomic E-state index is 0.112. The molecule has 2 rings (SSSR count). The highest BCUT2D eigenvalue weighted by atomic mass is 35.5. The fourth-order valence-corrected chi connectivity index (χ4v) is 2.57. The second kappa shape index (κ2) is 5.94. The Balaban J connectivity index is 2.44. The van der Waals surface area contributed by atoms with E-state index in [1.807, 2.05) is 11.0 Å². The van der Waals surface area contributed by atoms with Gasteiger partial charge in [-0.15, -0.1) is 0 Å². The Kier molecular flexibility index (Phi) is 4.52. The molecular weight excluding hydrogens is 295 g/mol. The molecule has 2 heterocycles. The van der Waals surface area contributed by atoms with Gasteiger partial charge in [0, 0.05) is 19.6 Å². The van der Waals surface area contributed by atoms with Gasteiger partial charge in [-0.25, -0.2) is 4.98 Å². The molecular formula is C11H11Cl3N4. The molecule has 0 atom stereocenters. The van der Waals surface area contributed by atoms with Crippen molar-refractivity contribution >= 4 is 40.6 Å². The third-order valence-corrected chi connectivity index (χ3v) is 3.87. The van der Waals surface area contributed by atoms with Crippen molar-refractivity contribution in [3.05, 3.63) is 20.8 Å². The maximum Gasteiger partial charge on any atom is 0.151 e. The number of nitrogens with one attached hydrogen (secondary N) is 1. The van der Waals surface area contributed by atoms with Gasteiger partial charge in [0.05, 0.1) is 10.6 Å². The molecule has 0 unspecified atom stereocenters. The summed E-state index contributed by atoms with van der Waals surface area (Å²) in [6, 6.07) is 1.97. The average Bonchev–Trinajstić information content (AvgIpc) is 2.63. The smallest absolute Gasteiger partial charge is 0.151 e. The molecule has 0 aromatic carbocycles. The number of aromatic nitrogens is 1. The van der Waals surface area contributed by atoms with E-state index in [1.165, 1.54) is 0 Å². The van der Waals surface area contributed by atoms with Crippen LogP contribution in [0.4, 0.5) is 5.82 Å². The predicted octanol–water partition coefficient (Wildman–Crippen LogP) is 2.71. The first-order valence-corrected chi connectivity index (χ1v) is 6.68. The minimum atomic E-state index is 0.112. The Morgan fingerprint density at radius 1 is 1.17 bits per heavy atom. The van der Waals surface area contributed by atoms with E-state index in [2.05, 4.69) is 10.3 Å². The summed E-state index contributed by atoms with van der Waals surface area (Å²) in [5.41, 5.74) is 0.186. The molecule has 1 aromatic rings. The van der Waals surface area contributed by atoms with Crippen molar-refractivity contribution in [3.8, 4) is 6.07 Å². The van der Waals surface area contributed by atoms with E-state index in [1.54, 1.807) is 0 Å². The van der Waals surface area contributed by atoms with Crippen molar-refractivity contribution < 1.29 is 0 Å². The lowest BCUT2D eigenvalue weighted by molar-refractivity contribution is 0.724. The summed E-state index contributed by atoms with van der Waals surface area (Å²) in [5.74, 6) is 0.534. The maximum atomic E-state index is 9.07. The van der Waals surface area contributed by atoms with Crippen LogP contribution in [-0.2, 0) is 0 Å². The first-order valence-electron chi connectivity index (χ1n) is 5.55. The monoisotopic (exact) mass is 304 g/mol. The molecule has 0 spiro atoms. The van der Waals surface area contributed by atoms with E-state index < -0.39 is 0 Å². The second-order valence-electron chi connectivity index (χ2n) is 3.93. The van der Waals surface area contributed by atoms with E-state index in [0.29, 0.717) is 5.82 Å². The number of nitrogens with zero attached hydrogens (tertiary/aromatic N) is 3. The fourth-order valence-electron chi connectivity index (χ4n) is 1.87. The van der Waals surface area contributed by atoms with E-state index in [-0.39, 0.29) is 20.8 Å². The van der Waals surface area contributed by atoms with Gasteiger partial charge in [0.1, 0.15) is 11.1 Å². The SMILES string of the molecule is N#Cc1c(Cl)c(Cl)nc(N2CCCNCC2)c1Cl. The van der Waals surface area contributed by atoms with Gasteiger partial charge in [0.15, 0.2) is 11.0 Å². The maximum absolute atomic E-state index is 9.07. The Hall–Kier alpha value is -0.730. The fraction of sp³-hybridized carbons (Fsp3) is 0.455. The van der Waals surface area contributed by atoms with E-state index >= 15 is 0 Å². The van der Waals surface area contributed by atoms with Gasteiger partial charge in [-0.05, 0) is 13.0 Å². The summed E-state index contributed by atoms with van der Waals surface area (Å²) in [6.07, 6.45) is 0.986. The normalized spacial score (nSPS) is 16.2. The molecule has 0 radical (unpaired) electrons. The molecule has 1 N–H and O–H groups in total. The number of anilines is 1. The molecule has 96 valence electrons. The minimum Gasteiger partial charge on any atom is -0.354 e. The lowest BCUT2D eigenvalue weighted by Crippen LogP contribution is -2.29. The summed E-state index contributed by atoms with van der Waals surface area (Å²) < 4.78 is 0. The highest BCUT2D eigenvalue weighted by molar-refractivity contribution is 6.44. The standard InChI is InChI=1S/C11H11Cl3N4/c12-8-7(6-15)9(13)11(17-10(8)14)18-4-1-2-16-3-5-18/h16H,1-5H2. The highest BCUT2D eigenvalue weighted by Crippen LogP contribution is 2.36. The van der Waals surface area contributed by atoms with Gasteiger partial charge in [-0.3, -0.25) is 0 Å². The number of halogens is 3. The Bertz CT molecular complexity index is 490. The molecule has 0 aliphatic carbocycles. The Morgan fingerprint density at radius 3 is 2.67 bits per heavy atom. The van der Waals surface area contributed by atoms with Crippen molar-refractivity contribution in [2.24, 2.45) is 0 Å². The molecule has 1 fully saturated rings. The first kappa shape index (κ1) is 13.7. The van der Waals surface area contributed by atoms with Crippen LogP contribution in [0.25, 0.3) is 0 Å². The van der Waals surface area contributed by atoms with Crippen LogP contribution in [0.1, 0.15) is 12.0 Å². The lowest BCUT2D eigenvalue weighted by Gasteiger charge is -2.23. The van der Waals surface area contributed by atoms with Crippen LogP contribution in [0, 0.1) is 11.3 Å². The molecule has 7 heteroatoms. The zero-order valence-electron chi connectivity index (χ0n) is 9.51. The van der Waals surface area contributed by atoms with Crippen LogP contribution in [0.5, 0.6) is 0 Å². The summed E-state index contributed by atoms with van der Waals surface area (Å²) in [4.78, 5) is 6.21. The topological polar surface area (TPSA) is 52.0 Å². The summed E-state index contributed by atoms with van der Waals surface area (Å²) in [7, 11) is 0. The van der Waals surface area contributed by atoms with Gasteiger partial charge in [0.2, 0.25) is 0 Å². The Morgan fingerprint density at radius 2 is 1.94 bits per heavy atom. The third kappa shape index (κ3) is 2.65. The number of nitriles is 1. The van der Waals surface area contributed by atoms with Crippen LogP contribution in [0.15, 0.2) is 0 Å². The van der Waals surface area contributed by atoms with E-state index in [9.17, 15) is 0 Å². The molecule has 4 nitrogen and oxygen atoms in total. The van der Waals surface area contributed by atoms with E-state index in [4.69, 9.17) is 40.1 Å². The number of rotatable bonds is 1. The summed E-state index contributed by atoms with van der Waals surface area (Å²) in [6.45, 7) is 3.40. The number of hydrogen-bond acceptors (Lipinski definition) is 4. The lowest BCUT2D eigenvalue weighted by atomic mass is 10.2. The van der Waals surface area contributed by atoms with E-state index in [0.717, 1.165) is 32.6 Å². The van der Waals surface area contributed by atoms with Crippen molar-refractivity contribution in [2.45, 2.75) is 6.42 Å². The molecule has 18 heavy (non-hydrogen) atoms. The molecule has 0 saturated carbocycles. The van der Waals surface area contributed by atoms with Gasteiger partial charge >= 0.3 is 0 Å². The summed E-state index contributed by atoms with van der Waals surface area (Å²) in [5, 5.41) is 12.8.